The summed E-state index contributed by atoms with van der Waals surface area (Å²) in [6.45, 7) is 1.37. The molecular weight excluding hydrogens is 274 g/mol. The molecule has 5 nitrogen and oxygen atoms in total. The second kappa shape index (κ2) is 7.71. The first-order valence-electron chi connectivity index (χ1n) is 7.25. The Labute approximate surface area is 121 Å². The number of sulfonamides is 1. The SMILES string of the molecule is O=S(=O)(CCCCNC1CC1)NCCc1cccnc1. The van der Waals surface area contributed by atoms with Crippen molar-refractivity contribution in [2.45, 2.75) is 38.1 Å². The summed E-state index contributed by atoms with van der Waals surface area (Å²) in [4.78, 5) is 4.00. The Morgan fingerprint density at radius 2 is 2.10 bits per heavy atom. The van der Waals surface area contributed by atoms with Crippen molar-refractivity contribution in [1.29, 1.82) is 0 Å². The summed E-state index contributed by atoms with van der Waals surface area (Å²) in [6.07, 6.45) is 8.32. The largest absolute Gasteiger partial charge is 0.314 e. The molecule has 0 saturated heterocycles. The molecule has 1 aromatic rings. The summed E-state index contributed by atoms with van der Waals surface area (Å²) in [6, 6.07) is 4.51. The molecule has 0 spiro atoms. The van der Waals surface area contributed by atoms with Gasteiger partial charge in [0.2, 0.25) is 10.0 Å². The lowest BCUT2D eigenvalue weighted by Gasteiger charge is -2.07. The number of pyridine rings is 1. The molecule has 6 heteroatoms. The van der Waals surface area contributed by atoms with Crippen LogP contribution in [0.3, 0.4) is 0 Å². The predicted octanol–water partition coefficient (Wildman–Crippen LogP) is 1.08. The number of hydrogen-bond acceptors (Lipinski definition) is 4. The van der Waals surface area contributed by atoms with Gasteiger partial charge in [-0.05, 0) is 50.3 Å². The van der Waals surface area contributed by atoms with Gasteiger partial charge >= 0.3 is 0 Å². The second-order valence-corrected chi connectivity index (χ2v) is 7.19. The first-order valence-corrected chi connectivity index (χ1v) is 8.90. The van der Waals surface area contributed by atoms with Crippen molar-refractivity contribution < 1.29 is 8.42 Å². The van der Waals surface area contributed by atoms with E-state index in [0.717, 1.165) is 18.5 Å². The second-order valence-electron chi connectivity index (χ2n) is 5.26. The minimum Gasteiger partial charge on any atom is -0.314 e. The monoisotopic (exact) mass is 297 g/mol. The third-order valence-corrected chi connectivity index (χ3v) is 4.78. The minimum absolute atomic E-state index is 0.215. The third kappa shape index (κ3) is 6.45. The van der Waals surface area contributed by atoms with Gasteiger partial charge in [-0.2, -0.15) is 0 Å². The highest BCUT2D eigenvalue weighted by molar-refractivity contribution is 7.89. The summed E-state index contributed by atoms with van der Waals surface area (Å²) in [5.41, 5.74) is 1.05. The highest BCUT2D eigenvalue weighted by atomic mass is 32.2. The van der Waals surface area contributed by atoms with Crippen molar-refractivity contribution in [3.8, 4) is 0 Å². The van der Waals surface area contributed by atoms with Gasteiger partial charge in [-0.15, -0.1) is 0 Å². The molecular formula is C14H23N3O2S. The molecule has 0 aliphatic heterocycles. The van der Waals surface area contributed by atoms with Gasteiger partial charge in [0, 0.05) is 25.0 Å². The van der Waals surface area contributed by atoms with Crippen LogP contribution in [0.2, 0.25) is 0 Å². The number of nitrogens with one attached hydrogen (secondary N) is 2. The maximum atomic E-state index is 11.8. The molecule has 1 heterocycles. The molecule has 0 unspecified atom stereocenters. The molecule has 0 atom stereocenters. The first-order chi connectivity index (χ1) is 9.66. The van der Waals surface area contributed by atoms with E-state index in [9.17, 15) is 8.42 Å². The molecule has 20 heavy (non-hydrogen) atoms. The zero-order chi connectivity index (χ0) is 14.3. The summed E-state index contributed by atoms with van der Waals surface area (Å²) in [5, 5.41) is 3.39. The van der Waals surface area contributed by atoms with Crippen LogP contribution in [0.5, 0.6) is 0 Å². The van der Waals surface area contributed by atoms with Crippen molar-refractivity contribution in [2.24, 2.45) is 0 Å². The van der Waals surface area contributed by atoms with Gasteiger partial charge in [0.25, 0.3) is 0 Å². The standard InChI is InChI=1S/C14H23N3O2S/c18-20(19,11-2-1-9-16-14-5-6-14)17-10-7-13-4-3-8-15-12-13/h3-4,8,12,14,16-17H,1-2,5-7,9-11H2. The fourth-order valence-corrected chi connectivity index (χ4v) is 3.12. The molecule has 0 amide bonds. The fraction of sp³-hybridized carbons (Fsp3) is 0.643. The van der Waals surface area contributed by atoms with Gasteiger partial charge in [0.05, 0.1) is 5.75 Å². The maximum Gasteiger partial charge on any atom is 0.211 e. The molecule has 0 bridgehead atoms. The Morgan fingerprint density at radius 1 is 1.25 bits per heavy atom. The van der Waals surface area contributed by atoms with Gasteiger partial charge in [-0.1, -0.05) is 6.07 Å². The lowest BCUT2D eigenvalue weighted by atomic mass is 10.2. The summed E-state index contributed by atoms with van der Waals surface area (Å²) in [7, 11) is -3.13. The molecule has 1 aliphatic rings. The average molecular weight is 297 g/mol. The van der Waals surface area contributed by atoms with Gasteiger partial charge in [0.1, 0.15) is 0 Å². The molecule has 0 aromatic carbocycles. The summed E-state index contributed by atoms with van der Waals surface area (Å²) in [5.74, 6) is 0.215. The lowest BCUT2D eigenvalue weighted by Crippen LogP contribution is -2.29. The zero-order valence-electron chi connectivity index (χ0n) is 11.7. The number of aromatic nitrogens is 1. The molecule has 0 radical (unpaired) electrons. The van der Waals surface area contributed by atoms with Crippen LogP contribution in [0.25, 0.3) is 0 Å². The van der Waals surface area contributed by atoms with E-state index >= 15 is 0 Å². The molecule has 2 rings (SSSR count). The molecule has 2 N–H and O–H groups in total. The van der Waals surface area contributed by atoms with Crippen LogP contribution < -0.4 is 10.0 Å². The van der Waals surface area contributed by atoms with Crippen LogP contribution in [0.15, 0.2) is 24.5 Å². The molecule has 1 aromatic heterocycles. The third-order valence-electron chi connectivity index (χ3n) is 3.31. The van der Waals surface area contributed by atoms with Gasteiger partial charge in [-0.25, -0.2) is 13.1 Å². The van der Waals surface area contributed by atoms with Crippen LogP contribution in [0.1, 0.15) is 31.2 Å². The van der Waals surface area contributed by atoms with Crippen molar-refractivity contribution in [3.05, 3.63) is 30.1 Å². The van der Waals surface area contributed by atoms with Crippen molar-refractivity contribution in [1.82, 2.24) is 15.0 Å². The highest BCUT2D eigenvalue weighted by Crippen LogP contribution is 2.18. The van der Waals surface area contributed by atoms with Crippen LogP contribution in [-0.2, 0) is 16.4 Å². The van der Waals surface area contributed by atoms with Crippen LogP contribution >= 0.6 is 0 Å². The number of nitrogens with zero attached hydrogens (tertiary/aromatic N) is 1. The topological polar surface area (TPSA) is 71.1 Å². The van der Waals surface area contributed by atoms with E-state index in [1.807, 2.05) is 12.1 Å². The normalized spacial score (nSPS) is 15.4. The number of rotatable bonds is 10. The minimum atomic E-state index is -3.13. The van der Waals surface area contributed by atoms with E-state index in [1.54, 1.807) is 12.4 Å². The van der Waals surface area contributed by atoms with E-state index in [4.69, 9.17) is 0 Å². The highest BCUT2D eigenvalue weighted by Gasteiger charge is 2.19. The molecule has 112 valence electrons. The smallest absolute Gasteiger partial charge is 0.211 e. The van der Waals surface area contributed by atoms with Gasteiger partial charge in [0.15, 0.2) is 0 Å². The van der Waals surface area contributed by atoms with E-state index in [2.05, 4.69) is 15.0 Å². The Kier molecular flexibility index (Phi) is 5.94. The van der Waals surface area contributed by atoms with E-state index in [1.165, 1.54) is 12.8 Å². The fourth-order valence-electron chi connectivity index (χ4n) is 1.98. The average Bonchev–Trinajstić information content (AvgIpc) is 3.23. The lowest BCUT2D eigenvalue weighted by molar-refractivity contribution is 0.573. The van der Waals surface area contributed by atoms with Crippen LogP contribution in [0.4, 0.5) is 0 Å². The molecule has 1 fully saturated rings. The summed E-state index contributed by atoms with van der Waals surface area (Å²) >= 11 is 0. The van der Waals surface area contributed by atoms with Crippen molar-refractivity contribution in [3.63, 3.8) is 0 Å². The van der Waals surface area contributed by atoms with E-state index in [0.29, 0.717) is 25.4 Å². The quantitative estimate of drug-likeness (QED) is 0.634. The van der Waals surface area contributed by atoms with Gasteiger partial charge in [-0.3, -0.25) is 4.98 Å². The first kappa shape index (κ1) is 15.4. The van der Waals surface area contributed by atoms with Crippen LogP contribution in [0, 0.1) is 0 Å². The Bertz CT molecular complexity index is 486. The van der Waals surface area contributed by atoms with E-state index < -0.39 is 10.0 Å². The Morgan fingerprint density at radius 3 is 2.80 bits per heavy atom. The number of unbranched alkanes of at least 4 members (excludes halogenated alkanes) is 1. The zero-order valence-corrected chi connectivity index (χ0v) is 12.5. The summed E-state index contributed by atoms with van der Waals surface area (Å²) < 4.78 is 26.2. The number of hydrogen-bond donors (Lipinski definition) is 2. The van der Waals surface area contributed by atoms with Crippen LogP contribution in [-0.4, -0.2) is 38.3 Å². The predicted molar refractivity (Wildman–Crippen MR) is 80.0 cm³/mol. The van der Waals surface area contributed by atoms with Crippen molar-refractivity contribution in [2.75, 3.05) is 18.8 Å². The molecule has 1 aliphatic carbocycles. The molecule has 1 saturated carbocycles. The van der Waals surface area contributed by atoms with E-state index in [-0.39, 0.29) is 5.75 Å². The Balaban J connectivity index is 1.55. The Hall–Kier alpha value is -0.980. The van der Waals surface area contributed by atoms with Crippen molar-refractivity contribution >= 4 is 10.0 Å². The van der Waals surface area contributed by atoms with Gasteiger partial charge < -0.3 is 5.32 Å². The maximum absolute atomic E-state index is 11.8.